The van der Waals surface area contributed by atoms with Gasteiger partial charge in [-0.25, -0.2) is 8.78 Å². The standard InChI is InChI=1S/C94H88F2N2O/c1-7-63-27-33-69(34-28-63)93(87-51-59(3)23-25-61(87)5)85-21-11-9-19-79(85)81-47-31-67(55-89(81)93)65-15-13-17-75(53-65)97(73-41-37-71(95)38-42-73)77-45-49-91-83(57-77)84-58-78(46-50-92(84)99-91)98(74-43-39-72(96)40-44-74)76-18-14-16-66(54-76)68-32-48-82-80-20-10-12-22-86(80)94(90(82)56-68,70-35-29-64(8-2)30-36-70)88-52-60(4)24-26-62(88)6/h7-13,15,17-30,32-37,39-41,43-44,48,52-55,57-59,68,81-82,84,89-90,92H,1-2,14,16,31,38,42,45-47,49-51,56H2,3-6H3. The summed E-state index contributed by atoms with van der Waals surface area (Å²) in [6.07, 6.45) is 40.1. The van der Waals surface area contributed by atoms with E-state index in [9.17, 15) is 0 Å². The number of hydrogen-bond acceptors (Lipinski definition) is 3. The Hall–Kier alpha value is -9.58. The molecule has 0 aromatic heterocycles. The molecule has 99 heavy (non-hydrogen) atoms. The SMILES string of the molecule is C=Cc1ccc(C2(C3=C(C)C=CC(C)C3)c3ccccc3C3CCC(c4cccc(N(C5=CC=C(F)CC5)C5=CC6=C(CC5)OC5CCC(N(C7=CCCC(C8C=CC9c%10ccccc%10C(c%10ccc(C=C)cc%10)(c%10cc(C)ccc%10C)C9C8)=C7)c7ccc(F)cc7)=CC65)c4)=CC32)cc1. The molecule has 1 heterocycles. The summed E-state index contributed by atoms with van der Waals surface area (Å²) >= 11 is 0. The molecule has 0 amide bonds. The van der Waals surface area contributed by atoms with Crippen molar-refractivity contribution < 1.29 is 13.5 Å². The number of allylic oxidation sites excluding steroid dienone is 19. The zero-order valence-corrected chi connectivity index (χ0v) is 57.7. The minimum atomic E-state index is -0.371. The average Bonchev–Trinajstić information content (AvgIpc) is 1.56. The third-order valence-corrected chi connectivity index (χ3v) is 24.5. The van der Waals surface area contributed by atoms with Crippen molar-refractivity contribution >= 4 is 29.1 Å². The van der Waals surface area contributed by atoms with Crippen LogP contribution in [-0.4, -0.2) is 6.10 Å². The van der Waals surface area contributed by atoms with Crippen molar-refractivity contribution in [2.24, 2.45) is 29.6 Å². The molecule has 9 aliphatic carbocycles. The van der Waals surface area contributed by atoms with Gasteiger partial charge in [-0.1, -0.05) is 224 Å². The molecular formula is C94H88F2N2O. The Kier molecular flexibility index (Phi) is 16.1. The van der Waals surface area contributed by atoms with Crippen LogP contribution in [0.15, 0.2) is 300 Å². The molecule has 7 aromatic rings. The number of anilines is 2. The average molecular weight is 1300 g/mol. The molecule has 7 aromatic carbocycles. The van der Waals surface area contributed by atoms with Gasteiger partial charge < -0.3 is 14.5 Å². The first kappa shape index (κ1) is 62.9. The van der Waals surface area contributed by atoms with Crippen molar-refractivity contribution in [3.63, 3.8) is 0 Å². The summed E-state index contributed by atoms with van der Waals surface area (Å²) in [4.78, 5) is 4.90. The number of benzene rings is 7. The largest absolute Gasteiger partial charge is 0.493 e. The molecule has 10 atom stereocenters. The Labute approximate surface area is 585 Å². The maximum absolute atomic E-state index is 15.2. The Bertz CT molecular complexity index is 4820. The lowest BCUT2D eigenvalue weighted by Gasteiger charge is -2.44. The molecular weight excluding hydrogens is 1210 g/mol. The van der Waals surface area contributed by atoms with E-state index in [-0.39, 0.29) is 58.2 Å². The molecule has 10 aliphatic rings. The fourth-order valence-corrected chi connectivity index (χ4v) is 20.0. The second-order valence-electron chi connectivity index (χ2n) is 29.9. The molecule has 10 unspecified atom stereocenters. The molecule has 0 spiro atoms. The van der Waals surface area contributed by atoms with Crippen molar-refractivity contribution in [2.45, 2.75) is 134 Å². The van der Waals surface area contributed by atoms with E-state index in [1.54, 1.807) is 18.2 Å². The van der Waals surface area contributed by atoms with Gasteiger partial charge in [0.15, 0.2) is 0 Å². The summed E-state index contributed by atoms with van der Waals surface area (Å²) in [5, 5.41) is 0. The lowest BCUT2D eigenvalue weighted by atomic mass is 9.58. The topological polar surface area (TPSA) is 15.7 Å². The molecule has 5 heteroatoms. The number of nitrogens with zero attached hydrogens (tertiary/aromatic N) is 2. The smallest absolute Gasteiger partial charge is 0.123 e. The first-order valence-electron chi connectivity index (χ1n) is 36.6. The lowest BCUT2D eigenvalue weighted by molar-refractivity contribution is 0.106. The van der Waals surface area contributed by atoms with E-state index in [1.807, 2.05) is 30.4 Å². The first-order chi connectivity index (χ1) is 48.4. The normalized spacial score (nSPS) is 27.1. The summed E-state index contributed by atoms with van der Waals surface area (Å²) in [5.74, 6) is 2.52. The summed E-state index contributed by atoms with van der Waals surface area (Å²) in [5.41, 5.74) is 28.9. The van der Waals surface area contributed by atoms with Crippen LogP contribution in [0.1, 0.15) is 169 Å². The minimum absolute atomic E-state index is 0.00271. The van der Waals surface area contributed by atoms with Crippen LogP contribution in [0.2, 0.25) is 0 Å². The van der Waals surface area contributed by atoms with E-state index in [4.69, 9.17) is 4.74 Å². The molecule has 1 aliphatic heterocycles. The van der Waals surface area contributed by atoms with Crippen LogP contribution < -0.4 is 9.80 Å². The molecule has 0 N–H and O–H groups in total. The Morgan fingerprint density at radius 3 is 2.08 bits per heavy atom. The molecule has 17 rings (SSSR count). The molecule has 3 nitrogen and oxygen atoms in total. The van der Waals surface area contributed by atoms with Crippen LogP contribution in [0.5, 0.6) is 0 Å². The second kappa shape index (κ2) is 25.3. The van der Waals surface area contributed by atoms with Crippen molar-refractivity contribution in [1.29, 1.82) is 0 Å². The third-order valence-electron chi connectivity index (χ3n) is 24.5. The highest BCUT2D eigenvalue weighted by Crippen LogP contribution is 2.65. The summed E-state index contributed by atoms with van der Waals surface area (Å²) < 4.78 is 37.4. The van der Waals surface area contributed by atoms with Gasteiger partial charge in [0.05, 0.1) is 0 Å². The van der Waals surface area contributed by atoms with E-state index in [2.05, 4.69) is 245 Å². The summed E-state index contributed by atoms with van der Waals surface area (Å²) in [6.45, 7) is 17.5. The van der Waals surface area contributed by atoms with Crippen LogP contribution in [-0.2, 0) is 15.6 Å². The van der Waals surface area contributed by atoms with Gasteiger partial charge in [0.25, 0.3) is 0 Å². The van der Waals surface area contributed by atoms with Crippen LogP contribution in [0.3, 0.4) is 0 Å². The maximum atomic E-state index is 15.2. The molecule has 0 saturated carbocycles. The monoisotopic (exact) mass is 1300 g/mol. The fraction of sp³-hybridized carbons (Fsp3) is 0.277. The second-order valence-corrected chi connectivity index (χ2v) is 29.9. The predicted molar refractivity (Wildman–Crippen MR) is 405 cm³/mol. The van der Waals surface area contributed by atoms with Crippen molar-refractivity contribution in [3.8, 4) is 0 Å². The van der Waals surface area contributed by atoms with Crippen LogP contribution in [0, 0.1) is 49.3 Å². The Morgan fingerprint density at radius 2 is 1.32 bits per heavy atom. The Balaban J connectivity index is 0.716. The summed E-state index contributed by atoms with van der Waals surface area (Å²) in [7, 11) is 0. The molecule has 0 fully saturated rings. The minimum Gasteiger partial charge on any atom is -0.493 e. The molecule has 0 radical (unpaired) electrons. The number of ether oxygens (including phenoxy) is 1. The molecule has 0 saturated heterocycles. The van der Waals surface area contributed by atoms with Crippen molar-refractivity contribution in [1.82, 2.24) is 0 Å². The van der Waals surface area contributed by atoms with Crippen molar-refractivity contribution in [3.05, 3.63) is 373 Å². The number of fused-ring (bicyclic) bond motifs is 8. The maximum Gasteiger partial charge on any atom is 0.123 e. The first-order valence-corrected chi connectivity index (χ1v) is 36.6. The van der Waals surface area contributed by atoms with Crippen LogP contribution in [0.25, 0.3) is 17.7 Å². The zero-order valence-electron chi connectivity index (χ0n) is 57.7. The predicted octanol–water partition coefficient (Wildman–Crippen LogP) is 23.9. The van der Waals surface area contributed by atoms with E-state index in [0.29, 0.717) is 24.7 Å². The van der Waals surface area contributed by atoms with E-state index >= 15 is 8.78 Å². The van der Waals surface area contributed by atoms with Crippen LogP contribution in [0.4, 0.5) is 20.2 Å². The number of rotatable bonds is 14. The van der Waals surface area contributed by atoms with E-state index < -0.39 is 0 Å². The lowest BCUT2D eigenvalue weighted by Crippen LogP contribution is -2.38. The van der Waals surface area contributed by atoms with E-state index in [1.165, 1.54) is 94.9 Å². The van der Waals surface area contributed by atoms with Gasteiger partial charge in [-0.15, -0.1) is 0 Å². The van der Waals surface area contributed by atoms with Gasteiger partial charge in [0.2, 0.25) is 0 Å². The highest BCUT2D eigenvalue weighted by molar-refractivity contribution is 5.76. The number of aryl methyl sites for hydroxylation is 2. The third kappa shape index (κ3) is 10.5. The molecule has 0 bridgehead atoms. The number of halogens is 2. The Morgan fingerprint density at radius 1 is 0.586 bits per heavy atom. The van der Waals surface area contributed by atoms with Gasteiger partial charge in [-0.2, -0.15) is 0 Å². The van der Waals surface area contributed by atoms with E-state index in [0.717, 1.165) is 104 Å². The quantitative estimate of drug-likeness (QED) is 0.101. The van der Waals surface area contributed by atoms with Crippen molar-refractivity contribution in [2.75, 3.05) is 9.80 Å². The van der Waals surface area contributed by atoms with Gasteiger partial charge in [0.1, 0.15) is 23.5 Å². The highest BCUT2D eigenvalue weighted by Gasteiger charge is 2.57. The van der Waals surface area contributed by atoms with Gasteiger partial charge in [-0.05, 0) is 236 Å². The summed E-state index contributed by atoms with van der Waals surface area (Å²) in [6, 6.07) is 60.6. The van der Waals surface area contributed by atoms with Gasteiger partial charge in [0, 0.05) is 81.2 Å². The van der Waals surface area contributed by atoms with Crippen LogP contribution >= 0.6 is 0 Å². The van der Waals surface area contributed by atoms with Gasteiger partial charge in [-0.3, -0.25) is 0 Å². The zero-order chi connectivity index (χ0) is 67.3. The van der Waals surface area contributed by atoms with Gasteiger partial charge >= 0.3 is 0 Å². The fourth-order valence-electron chi connectivity index (χ4n) is 20.0. The highest BCUT2D eigenvalue weighted by atomic mass is 19.1. The molecule has 494 valence electrons. The number of hydrogen-bond donors (Lipinski definition) is 0.